The van der Waals surface area contributed by atoms with Crippen molar-refractivity contribution in [3.63, 3.8) is 0 Å². The predicted octanol–water partition coefficient (Wildman–Crippen LogP) is 4.02. The molecule has 0 saturated carbocycles. The summed E-state index contributed by atoms with van der Waals surface area (Å²) in [5.74, 6) is 0.588. The molecule has 5 heteroatoms. The number of para-hydroxylation sites is 1. The summed E-state index contributed by atoms with van der Waals surface area (Å²) in [4.78, 5) is 21.2. The van der Waals surface area contributed by atoms with Gasteiger partial charge < -0.3 is 5.32 Å². The number of hydrogen-bond donors (Lipinski definition) is 1. The van der Waals surface area contributed by atoms with Crippen molar-refractivity contribution in [2.75, 3.05) is 5.32 Å². The number of carbonyl (C=O) groups excluding carboxylic acids is 1. The van der Waals surface area contributed by atoms with E-state index in [1.807, 2.05) is 42.5 Å². The Kier molecular flexibility index (Phi) is 5.01. The van der Waals surface area contributed by atoms with E-state index in [-0.39, 0.29) is 5.91 Å². The fourth-order valence-corrected chi connectivity index (χ4v) is 3.00. The number of amides is 1. The fourth-order valence-electron chi connectivity index (χ4n) is 2.03. The first kappa shape index (κ1) is 15.2. The average Bonchev–Trinajstić information content (AvgIpc) is 2.62. The highest BCUT2D eigenvalue weighted by atomic mass is 32.2. The third-order valence-electron chi connectivity index (χ3n) is 3.17. The summed E-state index contributed by atoms with van der Waals surface area (Å²) >= 11 is 1.69. The first-order chi connectivity index (χ1) is 11.3. The molecule has 23 heavy (non-hydrogen) atoms. The molecule has 1 N–H and O–H groups in total. The molecule has 2 aromatic carbocycles. The van der Waals surface area contributed by atoms with Crippen LogP contribution in [0.2, 0.25) is 0 Å². The first-order valence-corrected chi connectivity index (χ1v) is 8.14. The molecule has 0 aliphatic rings. The van der Waals surface area contributed by atoms with Crippen LogP contribution in [0.4, 0.5) is 5.69 Å². The Morgan fingerprint density at radius 1 is 1.00 bits per heavy atom. The van der Waals surface area contributed by atoms with Crippen molar-refractivity contribution in [1.82, 2.24) is 9.97 Å². The van der Waals surface area contributed by atoms with Crippen LogP contribution in [0, 0.1) is 0 Å². The van der Waals surface area contributed by atoms with Crippen LogP contribution in [0.3, 0.4) is 0 Å². The maximum absolute atomic E-state index is 12.2. The lowest BCUT2D eigenvalue weighted by molar-refractivity contribution is 0.102. The van der Waals surface area contributed by atoms with Crippen LogP contribution in [0.15, 0.2) is 78.1 Å². The molecule has 0 spiro atoms. The lowest BCUT2D eigenvalue weighted by Crippen LogP contribution is -2.14. The molecular weight excluding hydrogens is 306 g/mol. The molecule has 1 heterocycles. The standard InChI is InChI=1S/C18H15N3OS/c22-18(16-12-19-10-11-20-16)21-15-8-4-5-9-17(15)23-13-14-6-2-1-3-7-14/h1-12H,13H2,(H,21,22). The highest BCUT2D eigenvalue weighted by Crippen LogP contribution is 2.29. The second-order valence-electron chi connectivity index (χ2n) is 4.82. The number of anilines is 1. The summed E-state index contributed by atoms with van der Waals surface area (Å²) in [6.45, 7) is 0. The van der Waals surface area contributed by atoms with E-state index < -0.39 is 0 Å². The summed E-state index contributed by atoms with van der Waals surface area (Å²) in [7, 11) is 0. The summed E-state index contributed by atoms with van der Waals surface area (Å²) < 4.78 is 0. The Hall–Kier alpha value is -2.66. The van der Waals surface area contributed by atoms with Crippen molar-refractivity contribution < 1.29 is 4.79 Å². The van der Waals surface area contributed by atoms with Gasteiger partial charge >= 0.3 is 0 Å². The zero-order valence-corrected chi connectivity index (χ0v) is 13.2. The SMILES string of the molecule is O=C(Nc1ccccc1SCc1ccccc1)c1cnccn1. The zero-order valence-electron chi connectivity index (χ0n) is 12.3. The normalized spacial score (nSPS) is 10.3. The second-order valence-corrected chi connectivity index (χ2v) is 5.83. The number of rotatable bonds is 5. The molecule has 0 saturated heterocycles. The quantitative estimate of drug-likeness (QED) is 0.721. The van der Waals surface area contributed by atoms with Gasteiger partial charge in [-0.15, -0.1) is 11.8 Å². The molecule has 1 amide bonds. The van der Waals surface area contributed by atoms with E-state index >= 15 is 0 Å². The van der Waals surface area contributed by atoms with Gasteiger partial charge in [0.15, 0.2) is 0 Å². The minimum absolute atomic E-state index is 0.258. The molecular formula is C18H15N3OS. The van der Waals surface area contributed by atoms with Crippen LogP contribution in [-0.4, -0.2) is 15.9 Å². The number of carbonyl (C=O) groups is 1. The Balaban J connectivity index is 1.72. The smallest absolute Gasteiger partial charge is 0.275 e. The Labute approximate surface area is 139 Å². The van der Waals surface area contributed by atoms with E-state index in [1.54, 1.807) is 18.0 Å². The molecule has 0 unspecified atom stereocenters. The molecule has 4 nitrogen and oxygen atoms in total. The van der Waals surface area contributed by atoms with Gasteiger partial charge in [0.05, 0.1) is 11.9 Å². The third-order valence-corrected chi connectivity index (χ3v) is 4.31. The number of nitrogens with one attached hydrogen (secondary N) is 1. The second kappa shape index (κ2) is 7.56. The van der Waals surface area contributed by atoms with Gasteiger partial charge in [0.1, 0.15) is 5.69 Å². The minimum atomic E-state index is -0.258. The van der Waals surface area contributed by atoms with Gasteiger partial charge in [-0.25, -0.2) is 4.98 Å². The van der Waals surface area contributed by atoms with Crippen molar-refractivity contribution in [3.05, 3.63) is 84.4 Å². The van der Waals surface area contributed by atoms with Crippen LogP contribution in [0.1, 0.15) is 16.1 Å². The van der Waals surface area contributed by atoms with Gasteiger partial charge in [-0.3, -0.25) is 9.78 Å². The molecule has 3 aromatic rings. The molecule has 0 aliphatic carbocycles. The summed E-state index contributed by atoms with van der Waals surface area (Å²) in [6, 6.07) is 18.0. The number of benzene rings is 2. The number of hydrogen-bond acceptors (Lipinski definition) is 4. The lowest BCUT2D eigenvalue weighted by atomic mass is 10.2. The van der Waals surface area contributed by atoms with Gasteiger partial charge in [-0.05, 0) is 17.7 Å². The van der Waals surface area contributed by atoms with Crippen LogP contribution >= 0.6 is 11.8 Å². The van der Waals surface area contributed by atoms with Crippen molar-refractivity contribution in [2.24, 2.45) is 0 Å². The number of aromatic nitrogens is 2. The van der Waals surface area contributed by atoms with E-state index in [0.29, 0.717) is 5.69 Å². The largest absolute Gasteiger partial charge is 0.320 e. The van der Waals surface area contributed by atoms with Gasteiger partial charge in [0.25, 0.3) is 5.91 Å². The number of nitrogens with zero attached hydrogens (tertiary/aromatic N) is 2. The fraction of sp³-hybridized carbons (Fsp3) is 0.0556. The molecule has 0 fully saturated rings. The number of thioether (sulfide) groups is 1. The van der Waals surface area contributed by atoms with Crippen LogP contribution in [0.25, 0.3) is 0 Å². The highest BCUT2D eigenvalue weighted by Gasteiger charge is 2.10. The monoisotopic (exact) mass is 321 g/mol. The highest BCUT2D eigenvalue weighted by molar-refractivity contribution is 7.98. The lowest BCUT2D eigenvalue weighted by Gasteiger charge is -2.10. The van der Waals surface area contributed by atoms with Crippen molar-refractivity contribution in [1.29, 1.82) is 0 Å². The molecule has 0 bridgehead atoms. The summed E-state index contributed by atoms with van der Waals surface area (Å²) in [5.41, 5.74) is 2.33. The molecule has 114 valence electrons. The van der Waals surface area contributed by atoms with Gasteiger partial charge in [0.2, 0.25) is 0 Å². The topological polar surface area (TPSA) is 54.9 Å². The molecule has 0 radical (unpaired) electrons. The maximum atomic E-state index is 12.2. The van der Waals surface area contributed by atoms with Gasteiger partial charge in [-0.1, -0.05) is 42.5 Å². The van der Waals surface area contributed by atoms with Gasteiger partial charge in [-0.2, -0.15) is 0 Å². The van der Waals surface area contributed by atoms with Crippen molar-refractivity contribution in [2.45, 2.75) is 10.6 Å². The van der Waals surface area contributed by atoms with E-state index in [4.69, 9.17) is 0 Å². The average molecular weight is 321 g/mol. The zero-order chi connectivity index (χ0) is 15.9. The minimum Gasteiger partial charge on any atom is -0.320 e. The van der Waals surface area contributed by atoms with Crippen LogP contribution < -0.4 is 5.32 Å². The van der Waals surface area contributed by atoms with Crippen molar-refractivity contribution in [3.8, 4) is 0 Å². The van der Waals surface area contributed by atoms with Crippen LogP contribution in [0.5, 0.6) is 0 Å². The third kappa shape index (κ3) is 4.17. The molecule has 0 atom stereocenters. The summed E-state index contributed by atoms with van der Waals surface area (Å²) in [6.07, 6.45) is 4.50. The Bertz CT molecular complexity index is 779. The van der Waals surface area contributed by atoms with E-state index in [0.717, 1.165) is 16.3 Å². The van der Waals surface area contributed by atoms with E-state index in [2.05, 4.69) is 27.4 Å². The van der Waals surface area contributed by atoms with E-state index in [1.165, 1.54) is 18.0 Å². The molecule has 3 rings (SSSR count). The first-order valence-electron chi connectivity index (χ1n) is 7.16. The molecule has 0 aliphatic heterocycles. The van der Waals surface area contributed by atoms with Gasteiger partial charge in [0, 0.05) is 23.0 Å². The maximum Gasteiger partial charge on any atom is 0.275 e. The van der Waals surface area contributed by atoms with E-state index in [9.17, 15) is 4.79 Å². The predicted molar refractivity (Wildman–Crippen MR) is 92.4 cm³/mol. The Morgan fingerprint density at radius 3 is 2.57 bits per heavy atom. The van der Waals surface area contributed by atoms with Crippen molar-refractivity contribution >= 4 is 23.4 Å². The molecule has 1 aromatic heterocycles. The Morgan fingerprint density at radius 2 is 1.78 bits per heavy atom. The summed E-state index contributed by atoms with van der Waals surface area (Å²) in [5, 5.41) is 2.90. The van der Waals surface area contributed by atoms with Crippen LogP contribution in [-0.2, 0) is 5.75 Å².